The zero-order valence-electron chi connectivity index (χ0n) is 7.32. The molecule has 0 aliphatic carbocycles. The van der Waals surface area contributed by atoms with Crippen LogP contribution in [0.4, 0.5) is 0 Å². The molecule has 0 aromatic rings. The summed E-state index contributed by atoms with van der Waals surface area (Å²) in [6.45, 7) is 2.90. The number of ether oxygens (including phenoxy) is 1. The molecule has 2 rings (SSSR count). The van der Waals surface area contributed by atoms with Crippen molar-refractivity contribution in [1.29, 1.82) is 0 Å². The van der Waals surface area contributed by atoms with Crippen molar-refractivity contribution in [2.24, 2.45) is 4.99 Å². The van der Waals surface area contributed by atoms with Crippen LogP contribution in [0.3, 0.4) is 0 Å². The lowest BCUT2D eigenvalue weighted by molar-refractivity contribution is -0.116. The largest absolute Gasteiger partial charge is 0.378 e. The van der Waals surface area contributed by atoms with Crippen LogP contribution < -0.4 is 0 Å². The van der Waals surface area contributed by atoms with E-state index in [1.54, 1.807) is 6.21 Å². The molecular formula is C9H11N2O2. The van der Waals surface area contributed by atoms with E-state index in [0.717, 1.165) is 13.1 Å². The zero-order valence-corrected chi connectivity index (χ0v) is 7.32. The molecule has 1 radical (unpaired) electrons. The van der Waals surface area contributed by atoms with E-state index in [1.807, 2.05) is 4.90 Å². The molecule has 0 saturated carbocycles. The number of Topliss-reactive ketones (excluding diaryl/α,β-unsaturated/α-hetero) is 1. The Morgan fingerprint density at radius 1 is 1.46 bits per heavy atom. The first-order chi connectivity index (χ1) is 6.38. The van der Waals surface area contributed by atoms with Gasteiger partial charge < -0.3 is 9.64 Å². The number of aliphatic imine (C=N–C) groups is 1. The summed E-state index contributed by atoms with van der Waals surface area (Å²) in [5.41, 5.74) is 0.616. The van der Waals surface area contributed by atoms with Crippen molar-refractivity contribution in [3.8, 4) is 0 Å². The molecule has 0 bridgehead atoms. The smallest absolute Gasteiger partial charge is 0.186 e. The van der Waals surface area contributed by atoms with Gasteiger partial charge in [0, 0.05) is 25.7 Å². The third-order valence-corrected chi connectivity index (χ3v) is 2.13. The second kappa shape index (κ2) is 3.70. The number of carbonyl (C=O) groups excluding carboxylic acids is 1. The molecule has 0 aromatic carbocycles. The van der Waals surface area contributed by atoms with Crippen LogP contribution in [0.2, 0.25) is 0 Å². The van der Waals surface area contributed by atoms with Crippen molar-refractivity contribution < 1.29 is 9.53 Å². The summed E-state index contributed by atoms with van der Waals surface area (Å²) in [6.07, 6.45) is 4.74. The number of carbonyl (C=O) groups is 1. The standard InChI is InChI=1S/C9H11N2O2/c12-9-1-2-10-7-8(9)11-3-5-13-6-4-11/h2H,1,3-6H2. The van der Waals surface area contributed by atoms with Gasteiger partial charge in [-0.25, -0.2) is 0 Å². The number of ketones is 1. The molecule has 4 heteroatoms. The molecule has 2 aliphatic heterocycles. The monoisotopic (exact) mass is 179 g/mol. The molecule has 0 amide bonds. The van der Waals surface area contributed by atoms with Gasteiger partial charge in [0.05, 0.1) is 13.2 Å². The van der Waals surface area contributed by atoms with Crippen LogP contribution in [-0.4, -0.2) is 43.2 Å². The summed E-state index contributed by atoms with van der Waals surface area (Å²) in [6, 6.07) is 0. The first-order valence-corrected chi connectivity index (χ1v) is 4.38. The molecule has 0 N–H and O–H groups in total. The molecule has 13 heavy (non-hydrogen) atoms. The number of hydrogen-bond acceptors (Lipinski definition) is 4. The summed E-state index contributed by atoms with van der Waals surface area (Å²) in [5, 5.41) is 0. The highest BCUT2D eigenvalue weighted by molar-refractivity contribution is 6.03. The second-order valence-corrected chi connectivity index (χ2v) is 3.00. The minimum atomic E-state index is 0.108. The highest BCUT2D eigenvalue weighted by Crippen LogP contribution is 2.12. The van der Waals surface area contributed by atoms with Crippen molar-refractivity contribution in [1.82, 2.24) is 4.90 Å². The van der Waals surface area contributed by atoms with E-state index in [-0.39, 0.29) is 5.78 Å². The number of nitrogens with zero attached hydrogens (tertiary/aromatic N) is 2. The van der Waals surface area contributed by atoms with E-state index in [2.05, 4.69) is 11.2 Å². The third kappa shape index (κ3) is 1.78. The number of hydrogen-bond donors (Lipinski definition) is 0. The lowest BCUT2D eigenvalue weighted by Gasteiger charge is -2.29. The summed E-state index contributed by atoms with van der Waals surface area (Å²) in [7, 11) is 0. The van der Waals surface area contributed by atoms with E-state index < -0.39 is 0 Å². The Morgan fingerprint density at radius 3 is 2.92 bits per heavy atom. The maximum absolute atomic E-state index is 11.4. The van der Waals surface area contributed by atoms with E-state index >= 15 is 0 Å². The van der Waals surface area contributed by atoms with Crippen LogP contribution >= 0.6 is 0 Å². The summed E-state index contributed by atoms with van der Waals surface area (Å²) >= 11 is 0. The molecule has 4 nitrogen and oxygen atoms in total. The predicted octanol–water partition coefficient (Wildman–Crippen LogP) is 0.00679. The van der Waals surface area contributed by atoms with Crippen LogP contribution in [0.25, 0.3) is 0 Å². The van der Waals surface area contributed by atoms with Crippen LogP contribution in [0.15, 0.2) is 10.7 Å². The Kier molecular flexibility index (Phi) is 2.40. The van der Waals surface area contributed by atoms with E-state index in [0.29, 0.717) is 25.3 Å². The van der Waals surface area contributed by atoms with Crippen LogP contribution in [0.5, 0.6) is 0 Å². The van der Waals surface area contributed by atoms with Gasteiger partial charge in [-0.3, -0.25) is 9.79 Å². The molecule has 0 unspecified atom stereocenters. The first kappa shape index (κ1) is 8.44. The zero-order chi connectivity index (χ0) is 9.10. The van der Waals surface area contributed by atoms with Crippen LogP contribution in [-0.2, 0) is 9.53 Å². The molecule has 2 aliphatic rings. The average Bonchev–Trinajstić information content (AvgIpc) is 2.20. The molecule has 0 aromatic heterocycles. The van der Waals surface area contributed by atoms with E-state index in [1.165, 1.54) is 0 Å². The van der Waals surface area contributed by atoms with Gasteiger partial charge in [0.1, 0.15) is 11.9 Å². The molecule has 2 heterocycles. The molecule has 69 valence electrons. The summed E-state index contributed by atoms with van der Waals surface area (Å²) < 4.78 is 5.19. The SMILES string of the molecule is O=C1CC=N[C]=C1N1CCOCC1. The average molecular weight is 179 g/mol. The first-order valence-electron chi connectivity index (χ1n) is 4.38. The highest BCUT2D eigenvalue weighted by atomic mass is 16.5. The van der Waals surface area contributed by atoms with Crippen molar-refractivity contribution in [2.45, 2.75) is 6.42 Å². The lowest BCUT2D eigenvalue weighted by Crippen LogP contribution is -2.38. The van der Waals surface area contributed by atoms with Gasteiger partial charge in [0.2, 0.25) is 0 Å². The highest BCUT2D eigenvalue weighted by Gasteiger charge is 2.20. The molecule has 0 spiro atoms. The Balaban J connectivity index is 2.09. The molecule has 1 fully saturated rings. The number of rotatable bonds is 1. The van der Waals surface area contributed by atoms with Gasteiger partial charge in [0.25, 0.3) is 0 Å². The number of morpholine rings is 1. The topological polar surface area (TPSA) is 41.9 Å². The van der Waals surface area contributed by atoms with Crippen molar-refractivity contribution in [3.63, 3.8) is 0 Å². The fraction of sp³-hybridized carbons (Fsp3) is 0.556. The Labute approximate surface area is 76.9 Å². The summed E-state index contributed by atoms with van der Waals surface area (Å²) in [5.74, 6) is 0.108. The van der Waals surface area contributed by atoms with E-state index in [9.17, 15) is 4.79 Å². The minimum absolute atomic E-state index is 0.108. The van der Waals surface area contributed by atoms with Crippen LogP contribution in [0, 0.1) is 6.20 Å². The van der Waals surface area contributed by atoms with Crippen molar-refractivity contribution in [2.75, 3.05) is 26.3 Å². The van der Waals surface area contributed by atoms with Gasteiger partial charge in [-0.2, -0.15) is 0 Å². The Morgan fingerprint density at radius 2 is 2.23 bits per heavy atom. The Bertz CT molecular complexity index is 265. The second-order valence-electron chi connectivity index (χ2n) is 3.00. The normalized spacial score (nSPS) is 23.2. The van der Waals surface area contributed by atoms with Crippen LogP contribution in [0.1, 0.15) is 6.42 Å². The molecule has 0 atom stereocenters. The van der Waals surface area contributed by atoms with Crippen molar-refractivity contribution >= 4 is 12.0 Å². The molecule has 1 saturated heterocycles. The van der Waals surface area contributed by atoms with Gasteiger partial charge in [0.15, 0.2) is 5.78 Å². The molecular weight excluding hydrogens is 168 g/mol. The third-order valence-electron chi connectivity index (χ3n) is 2.13. The lowest BCUT2D eigenvalue weighted by atomic mass is 10.2. The quantitative estimate of drug-likeness (QED) is 0.569. The predicted molar refractivity (Wildman–Crippen MR) is 47.3 cm³/mol. The van der Waals surface area contributed by atoms with Gasteiger partial charge in [-0.15, -0.1) is 0 Å². The maximum Gasteiger partial charge on any atom is 0.186 e. The fourth-order valence-electron chi connectivity index (χ4n) is 1.43. The fourth-order valence-corrected chi connectivity index (χ4v) is 1.43. The maximum atomic E-state index is 11.4. The van der Waals surface area contributed by atoms with E-state index in [4.69, 9.17) is 4.74 Å². The minimum Gasteiger partial charge on any atom is -0.378 e. The summed E-state index contributed by atoms with van der Waals surface area (Å²) in [4.78, 5) is 17.3. The Hall–Kier alpha value is -1.16. The number of allylic oxidation sites excluding steroid dienone is 1. The van der Waals surface area contributed by atoms with Gasteiger partial charge in [-0.1, -0.05) is 0 Å². The van der Waals surface area contributed by atoms with Gasteiger partial charge in [-0.05, 0) is 0 Å². The van der Waals surface area contributed by atoms with Gasteiger partial charge >= 0.3 is 0 Å². The van der Waals surface area contributed by atoms with Crippen molar-refractivity contribution in [3.05, 3.63) is 11.9 Å².